The first kappa shape index (κ1) is 38.3. The highest BCUT2D eigenvalue weighted by Crippen LogP contribution is 2.20. The zero-order valence-electron chi connectivity index (χ0n) is 27.5. The number of halogens is 2. The largest absolute Gasteiger partial charge is 1.00 e. The van der Waals surface area contributed by atoms with E-state index in [1.165, 1.54) is 0 Å². The Hall–Kier alpha value is -6.10. The molecule has 0 saturated carbocycles. The van der Waals surface area contributed by atoms with Crippen molar-refractivity contribution in [2.45, 2.75) is 0 Å². The molecule has 0 bridgehead atoms. The standard InChI is InChI=1S/2C19H18N4O.2ClH/c2*1-23-12-10-18(11-13-23)21-16-6-8-17(9-7-16)22-19(24)14-2-4-15(20)5-3-14;;/h2*2-13H,1H3,(H3,20,22,24);2*1H. The van der Waals surface area contributed by atoms with Crippen LogP contribution < -0.4 is 66.7 Å². The van der Waals surface area contributed by atoms with E-state index in [0.717, 1.165) is 34.1 Å². The Labute approximate surface area is 304 Å². The van der Waals surface area contributed by atoms with Crippen LogP contribution in [0.25, 0.3) is 0 Å². The normalized spacial score (nSPS) is 9.80. The zero-order chi connectivity index (χ0) is 33.9. The van der Waals surface area contributed by atoms with Crippen LogP contribution in [-0.4, -0.2) is 11.8 Å². The van der Waals surface area contributed by atoms with Gasteiger partial charge in [-0.05, 0) is 97.1 Å². The molecule has 8 N–H and O–H groups in total. The van der Waals surface area contributed by atoms with E-state index in [9.17, 15) is 9.59 Å². The maximum absolute atomic E-state index is 12.2. The van der Waals surface area contributed by atoms with Gasteiger partial charge in [-0.25, -0.2) is 9.13 Å². The van der Waals surface area contributed by atoms with E-state index in [0.29, 0.717) is 22.5 Å². The molecule has 0 aliphatic carbocycles. The first-order valence-electron chi connectivity index (χ1n) is 15.2. The van der Waals surface area contributed by atoms with Crippen LogP contribution in [0.15, 0.2) is 146 Å². The van der Waals surface area contributed by atoms with Crippen molar-refractivity contribution in [2.24, 2.45) is 14.1 Å². The molecule has 12 heteroatoms. The molecule has 2 heterocycles. The molecule has 0 fully saturated rings. The average molecular weight is 710 g/mol. The molecular formula is C38H38Cl2N8O2. The van der Waals surface area contributed by atoms with Crippen molar-refractivity contribution in [3.63, 3.8) is 0 Å². The highest BCUT2D eigenvalue weighted by molar-refractivity contribution is 6.05. The summed E-state index contributed by atoms with van der Waals surface area (Å²) in [6.45, 7) is 0. The SMILES string of the molecule is C[n+]1ccc(Nc2ccc(NC(=O)c3ccc(N)cc3)cc2)cc1.C[n+]1ccc(Nc2ccc(NC(=O)c3ccc(N)cc3)cc2)cc1.[Cl-].[Cl-]. The highest BCUT2D eigenvalue weighted by atomic mass is 35.5. The smallest absolute Gasteiger partial charge is 0.255 e. The summed E-state index contributed by atoms with van der Waals surface area (Å²) >= 11 is 0. The van der Waals surface area contributed by atoms with Gasteiger partial charge in [0.05, 0.1) is 11.4 Å². The second kappa shape index (κ2) is 18.4. The molecule has 2 amide bonds. The second-order valence-electron chi connectivity index (χ2n) is 11.1. The summed E-state index contributed by atoms with van der Waals surface area (Å²) in [5.74, 6) is -0.322. The summed E-state index contributed by atoms with van der Waals surface area (Å²) in [6.07, 6.45) is 7.90. The predicted molar refractivity (Wildman–Crippen MR) is 192 cm³/mol. The van der Waals surface area contributed by atoms with Gasteiger partial charge < -0.3 is 57.5 Å². The quantitative estimate of drug-likeness (QED) is 0.0986. The first-order valence-corrected chi connectivity index (χ1v) is 15.2. The van der Waals surface area contributed by atoms with Gasteiger partial charge >= 0.3 is 0 Å². The van der Waals surface area contributed by atoms with Crippen LogP contribution in [0.1, 0.15) is 20.7 Å². The summed E-state index contributed by atoms with van der Waals surface area (Å²) in [4.78, 5) is 24.3. The fourth-order valence-corrected chi connectivity index (χ4v) is 4.45. The molecule has 0 radical (unpaired) electrons. The lowest BCUT2D eigenvalue weighted by Crippen LogP contribution is -3.00. The molecule has 256 valence electrons. The van der Waals surface area contributed by atoms with Gasteiger partial charge in [0.25, 0.3) is 11.8 Å². The molecule has 0 unspecified atom stereocenters. The van der Waals surface area contributed by atoms with Crippen molar-refractivity contribution in [3.05, 3.63) is 157 Å². The number of carbonyl (C=O) groups is 2. The van der Waals surface area contributed by atoms with E-state index >= 15 is 0 Å². The third-order valence-corrected chi connectivity index (χ3v) is 7.17. The van der Waals surface area contributed by atoms with Gasteiger partial charge in [-0.15, -0.1) is 0 Å². The van der Waals surface area contributed by atoms with Crippen molar-refractivity contribution in [1.82, 2.24) is 0 Å². The van der Waals surface area contributed by atoms with Gasteiger partial charge in [0, 0.05) is 69.5 Å². The van der Waals surface area contributed by atoms with Crippen LogP contribution in [0.3, 0.4) is 0 Å². The Morgan fingerprint density at radius 1 is 0.420 bits per heavy atom. The maximum Gasteiger partial charge on any atom is 0.255 e. The number of aryl methyl sites for hydroxylation is 2. The van der Waals surface area contributed by atoms with Crippen LogP contribution >= 0.6 is 0 Å². The van der Waals surface area contributed by atoms with E-state index in [1.807, 2.05) is 121 Å². The fourth-order valence-electron chi connectivity index (χ4n) is 4.45. The van der Waals surface area contributed by atoms with E-state index in [4.69, 9.17) is 11.5 Å². The summed E-state index contributed by atoms with van der Waals surface area (Å²) in [5.41, 5.74) is 19.1. The molecule has 2 aromatic heterocycles. The number of nitrogens with one attached hydrogen (secondary N) is 4. The van der Waals surface area contributed by atoms with Crippen LogP contribution in [0.2, 0.25) is 0 Å². The fraction of sp³-hybridized carbons (Fsp3) is 0.0526. The van der Waals surface area contributed by atoms with E-state index in [2.05, 4.69) is 21.3 Å². The predicted octanol–water partition coefficient (Wildman–Crippen LogP) is 0.186. The van der Waals surface area contributed by atoms with Gasteiger partial charge in [-0.2, -0.15) is 0 Å². The number of nitrogens with two attached hydrogens (primary N) is 2. The van der Waals surface area contributed by atoms with E-state index in [-0.39, 0.29) is 36.6 Å². The number of pyridine rings is 2. The number of amides is 2. The van der Waals surface area contributed by atoms with Crippen LogP contribution in [0.5, 0.6) is 0 Å². The molecule has 10 nitrogen and oxygen atoms in total. The Balaban J connectivity index is 0.000000260. The number of nitrogens with zero attached hydrogens (tertiary/aromatic N) is 2. The summed E-state index contributed by atoms with van der Waals surface area (Å²) in [5, 5.41) is 12.3. The minimum absolute atomic E-state index is 0. The minimum atomic E-state index is -0.161. The second-order valence-corrected chi connectivity index (χ2v) is 11.1. The molecule has 0 aliphatic heterocycles. The maximum atomic E-state index is 12.2. The number of benzene rings is 4. The van der Waals surface area contributed by atoms with Crippen molar-refractivity contribution in [3.8, 4) is 0 Å². The van der Waals surface area contributed by atoms with Gasteiger partial charge in [-0.1, -0.05) is 0 Å². The van der Waals surface area contributed by atoms with Crippen molar-refractivity contribution in [1.29, 1.82) is 0 Å². The topological polar surface area (TPSA) is 142 Å². The minimum Gasteiger partial charge on any atom is -1.00 e. The Morgan fingerprint density at radius 2 is 0.680 bits per heavy atom. The molecule has 0 atom stereocenters. The molecule has 0 aliphatic rings. The summed E-state index contributed by atoms with van der Waals surface area (Å²) in [6, 6.07) is 36.8. The number of nitrogen functional groups attached to an aromatic ring is 2. The molecule has 6 rings (SSSR count). The summed E-state index contributed by atoms with van der Waals surface area (Å²) in [7, 11) is 3.95. The lowest BCUT2D eigenvalue weighted by molar-refractivity contribution is -0.671. The summed E-state index contributed by atoms with van der Waals surface area (Å²) < 4.78 is 3.95. The third kappa shape index (κ3) is 11.6. The Bertz CT molecular complexity index is 1810. The number of anilines is 8. The zero-order valence-corrected chi connectivity index (χ0v) is 29.0. The van der Waals surface area contributed by atoms with Crippen molar-refractivity contribution < 1.29 is 43.5 Å². The molecular weight excluding hydrogens is 671 g/mol. The molecule has 6 aromatic rings. The van der Waals surface area contributed by atoms with Crippen LogP contribution in [0.4, 0.5) is 45.5 Å². The lowest BCUT2D eigenvalue weighted by atomic mass is 10.2. The van der Waals surface area contributed by atoms with Crippen LogP contribution in [-0.2, 0) is 14.1 Å². The average Bonchev–Trinajstić information content (AvgIpc) is 3.09. The number of hydrogen-bond donors (Lipinski definition) is 6. The number of hydrogen-bond acceptors (Lipinski definition) is 6. The number of carbonyl (C=O) groups excluding carboxylic acids is 2. The first-order chi connectivity index (χ1) is 23.2. The van der Waals surface area contributed by atoms with E-state index in [1.54, 1.807) is 48.5 Å². The van der Waals surface area contributed by atoms with Gasteiger partial charge in [0.2, 0.25) is 0 Å². The number of rotatable bonds is 8. The number of aromatic nitrogens is 2. The Kier molecular flexibility index (Phi) is 14.1. The van der Waals surface area contributed by atoms with Crippen LogP contribution in [0, 0.1) is 0 Å². The molecule has 0 spiro atoms. The highest BCUT2D eigenvalue weighted by Gasteiger charge is 2.07. The third-order valence-electron chi connectivity index (χ3n) is 7.17. The lowest BCUT2D eigenvalue weighted by Gasteiger charge is -2.08. The molecule has 4 aromatic carbocycles. The Morgan fingerprint density at radius 3 is 0.980 bits per heavy atom. The monoisotopic (exact) mass is 708 g/mol. The van der Waals surface area contributed by atoms with Gasteiger partial charge in [0.1, 0.15) is 14.1 Å². The molecule has 50 heavy (non-hydrogen) atoms. The van der Waals surface area contributed by atoms with Crippen molar-refractivity contribution in [2.75, 3.05) is 32.7 Å². The van der Waals surface area contributed by atoms with Gasteiger partial charge in [0.15, 0.2) is 24.8 Å². The van der Waals surface area contributed by atoms with E-state index < -0.39 is 0 Å². The molecule has 0 saturated heterocycles. The van der Waals surface area contributed by atoms with Crippen molar-refractivity contribution >= 4 is 57.3 Å². The van der Waals surface area contributed by atoms with Gasteiger partial charge in [-0.3, -0.25) is 9.59 Å².